The molecule has 0 bridgehead atoms. The van der Waals surface area contributed by atoms with Crippen molar-refractivity contribution in [2.45, 2.75) is 37.2 Å². The Hall–Kier alpha value is -0.510. The first-order chi connectivity index (χ1) is 8.55. The van der Waals surface area contributed by atoms with E-state index in [1.54, 1.807) is 0 Å². The zero-order valence-corrected chi connectivity index (χ0v) is 12.2. The molecule has 18 heavy (non-hydrogen) atoms. The molecule has 1 N–H and O–H groups in total. The Morgan fingerprint density at radius 1 is 1.22 bits per heavy atom. The molecule has 3 heteroatoms. The topological polar surface area (TPSA) is 23.5 Å². The first kappa shape index (κ1) is 13.9. The smallest absolute Gasteiger partial charge is 0.0644 e. The summed E-state index contributed by atoms with van der Waals surface area (Å²) in [4.78, 5) is 3.81. The average Bonchev–Trinajstić information content (AvgIpc) is 2.34. The van der Waals surface area contributed by atoms with Crippen LogP contribution in [0.5, 0.6) is 0 Å². The van der Waals surface area contributed by atoms with Crippen LogP contribution in [0.4, 0.5) is 0 Å². The Labute approximate surface area is 114 Å². The fourth-order valence-electron chi connectivity index (χ4n) is 2.19. The van der Waals surface area contributed by atoms with Gasteiger partial charge in [0.15, 0.2) is 0 Å². The van der Waals surface area contributed by atoms with Gasteiger partial charge in [0.1, 0.15) is 0 Å². The van der Waals surface area contributed by atoms with Gasteiger partial charge in [-0.1, -0.05) is 17.7 Å². The summed E-state index contributed by atoms with van der Waals surface area (Å²) in [7, 11) is 0. The van der Waals surface area contributed by atoms with Crippen molar-refractivity contribution in [3.05, 3.63) is 29.8 Å². The minimum atomic E-state index is -0.430. The quantitative estimate of drug-likeness (QED) is 0.847. The highest BCUT2D eigenvalue weighted by molar-refractivity contribution is 7.99. The number of aryl methyl sites for hydroxylation is 1. The van der Waals surface area contributed by atoms with Gasteiger partial charge in [-0.2, -0.15) is 0 Å². The van der Waals surface area contributed by atoms with Crippen LogP contribution in [-0.4, -0.2) is 41.0 Å². The molecular formula is C15H23NOS. The van der Waals surface area contributed by atoms with Gasteiger partial charge < -0.3 is 10.0 Å². The van der Waals surface area contributed by atoms with E-state index in [4.69, 9.17) is 0 Å². The SMILES string of the molecule is Cc1ccc(SCCN2CCC(C)(O)CC2)cc1. The van der Waals surface area contributed by atoms with Gasteiger partial charge >= 0.3 is 0 Å². The van der Waals surface area contributed by atoms with Crippen molar-refractivity contribution in [2.75, 3.05) is 25.4 Å². The summed E-state index contributed by atoms with van der Waals surface area (Å²) in [5.41, 5.74) is 0.887. The van der Waals surface area contributed by atoms with Crippen LogP contribution in [0.25, 0.3) is 0 Å². The Bertz CT molecular complexity index is 365. The summed E-state index contributed by atoms with van der Waals surface area (Å²) in [6.45, 7) is 7.25. The monoisotopic (exact) mass is 265 g/mol. The zero-order valence-electron chi connectivity index (χ0n) is 11.4. The Balaban J connectivity index is 1.68. The Morgan fingerprint density at radius 3 is 2.44 bits per heavy atom. The minimum Gasteiger partial charge on any atom is -0.390 e. The van der Waals surface area contributed by atoms with E-state index in [1.807, 2.05) is 18.7 Å². The number of hydrogen-bond donors (Lipinski definition) is 1. The lowest BCUT2D eigenvalue weighted by molar-refractivity contribution is -0.00365. The fraction of sp³-hybridized carbons (Fsp3) is 0.600. The van der Waals surface area contributed by atoms with Gasteiger partial charge in [0.2, 0.25) is 0 Å². The van der Waals surface area contributed by atoms with E-state index in [0.29, 0.717) is 0 Å². The van der Waals surface area contributed by atoms with E-state index in [2.05, 4.69) is 36.1 Å². The van der Waals surface area contributed by atoms with Gasteiger partial charge in [-0.25, -0.2) is 0 Å². The van der Waals surface area contributed by atoms with E-state index in [-0.39, 0.29) is 0 Å². The molecule has 0 unspecified atom stereocenters. The van der Waals surface area contributed by atoms with Gasteiger partial charge in [0.25, 0.3) is 0 Å². The molecule has 1 aromatic rings. The molecule has 0 radical (unpaired) electrons. The highest BCUT2D eigenvalue weighted by Gasteiger charge is 2.26. The van der Waals surface area contributed by atoms with E-state index in [1.165, 1.54) is 10.5 Å². The van der Waals surface area contributed by atoms with E-state index < -0.39 is 5.60 Å². The Kier molecular flexibility index (Phi) is 4.71. The number of rotatable bonds is 4. The van der Waals surface area contributed by atoms with Crippen molar-refractivity contribution >= 4 is 11.8 Å². The van der Waals surface area contributed by atoms with Gasteiger partial charge in [0.05, 0.1) is 5.60 Å². The van der Waals surface area contributed by atoms with Crippen molar-refractivity contribution in [1.29, 1.82) is 0 Å². The third-order valence-corrected chi connectivity index (χ3v) is 4.62. The normalized spacial score (nSPS) is 19.9. The van der Waals surface area contributed by atoms with Crippen LogP contribution in [0.1, 0.15) is 25.3 Å². The molecule has 2 nitrogen and oxygen atoms in total. The Morgan fingerprint density at radius 2 is 1.83 bits per heavy atom. The van der Waals surface area contributed by atoms with Crippen molar-refractivity contribution < 1.29 is 5.11 Å². The minimum absolute atomic E-state index is 0.430. The van der Waals surface area contributed by atoms with E-state index >= 15 is 0 Å². The van der Waals surface area contributed by atoms with Gasteiger partial charge in [0, 0.05) is 30.3 Å². The molecule has 0 saturated carbocycles. The fourth-order valence-corrected chi connectivity index (χ4v) is 3.10. The second-order valence-electron chi connectivity index (χ2n) is 5.50. The van der Waals surface area contributed by atoms with Crippen LogP contribution >= 0.6 is 11.8 Å². The van der Waals surface area contributed by atoms with Crippen LogP contribution in [-0.2, 0) is 0 Å². The maximum absolute atomic E-state index is 9.89. The van der Waals surface area contributed by atoms with Crippen molar-refractivity contribution in [3.8, 4) is 0 Å². The largest absolute Gasteiger partial charge is 0.390 e. The summed E-state index contributed by atoms with van der Waals surface area (Å²) in [5.74, 6) is 1.13. The molecule has 0 aromatic heterocycles. The van der Waals surface area contributed by atoms with Gasteiger partial charge in [-0.3, -0.25) is 0 Å². The number of piperidine rings is 1. The lowest BCUT2D eigenvalue weighted by atomic mass is 9.94. The highest BCUT2D eigenvalue weighted by Crippen LogP contribution is 2.22. The lowest BCUT2D eigenvalue weighted by Gasteiger charge is -2.35. The standard InChI is InChI=1S/C15H23NOS/c1-13-3-5-14(6-4-13)18-12-11-16-9-7-15(2,17)8-10-16/h3-6,17H,7-12H2,1-2H3. The van der Waals surface area contributed by atoms with Crippen LogP contribution in [0.15, 0.2) is 29.2 Å². The second kappa shape index (κ2) is 6.09. The summed E-state index contributed by atoms with van der Waals surface area (Å²) in [6.07, 6.45) is 1.81. The third kappa shape index (κ3) is 4.30. The van der Waals surface area contributed by atoms with Crippen LogP contribution in [0.2, 0.25) is 0 Å². The molecular weight excluding hydrogens is 242 g/mol. The van der Waals surface area contributed by atoms with Crippen molar-refractivity contribution in [1.82, 2.24) is 4.90 Å². The first-order valence-corrected chi connectivity index (χ1v) is 7.68. The highest BCUT2D eigenvalue weighted by atomic mass is 32.2. The molecule has 0 spiro atoms. The van der Waals surface area contributed by atoms with Crippen molar-refractivity contribution in [3.63, 3.8) is 0 Å². The molecule has 0 aliphatic carbocycles. The van der Waals surface area contributed by atoms with Gasteiger partial charge in [-0.05, 0) is 38.8 Å². The zero-order chi connectivity index (χ0) is 13.0. The molecule has 1 aliphatic heterocycles. The molecule has 2 rings (SSSR count). The maximum Gasteiger partial charge on any atom is 0.0644 e. The molecule has 0 amide bonds. The second-order valence-corrected chi connectivity index (χ2v) is 6.67. The number of hydrogen-bond acceptors (Lipinski definition) is 3. The molecule has 0 atom stereocenters. The maximum atomic E-state index is 9.89. The average molecular weight is 265 g/mol. The van der Waals surface area contributed by atoms with Crippen LogP contribution < -0.4 is 0 Å². The first-order valence-electron chi connectivity index (χ1n) is 6.69. The van der Waals surface area contributed by atoms with Crippen LogP contribution in [0, 0.1) is 6.92 Å². The van der Waals surface area contributed by atoms with Gasteiger partial charge in [-0.15, -0.1) is 11.8 Å². The third-order valence-electron chi connectivity index (χ3n) is 3.63. The summed E-state index contributed by atoms with van der Waals surface area (Å²) >= 11 is 1.92. The number of aliphatic hydroxyl groups is 1. The molecule has 1 heterocycles. The summed E-state index contributed by atoms with van der Waals surface area (Å²) in [6, 6.07) is 8.73. The molecule has 1 fully saturated rings. The predicted molar refractivity (Wildman–Crippen MR) is 78.2 cm³/mol. The lowest BCUT2D eigenvalue weighted by Crippen LogP contribution is -2.43. The number of likely N-dealkylation sites (tertiary alicyclic amines) is 1. The van der Waals surface area contributed by atoms with Crippen LogP contribution in [0.3, 0.4) is 0 Å². The molecule has 100 valence electrons. The summed E-state index contributed by atoms with van der Waals surface area (Å²) in [5, 5.41) is 9.89. The number of thioether (sulfide) groups is 1. The molecule has 1 aliphatic rings. The van der Waals surface area contributed by atoms with E-state index in [9.17, 15) is 5.11 Å². The number of nitrogens with zero attached hydrogens (tertiary/aromatic N) is 1. The summed E-state index contributed by atoms with van der Waals surface area (Å²) < 4.78 is 0. The number of benzene rings is 1. The molecule has 1 aromatic carbocycles. The van der Waals surface area contributed by atoms with E-state index in [0.717, 1.165) is 38.2 Å². The van der Waals surface area contributed by atoms with Crippen molar-refractivity contribution in [2.24, 2.45) is 0 Å². The molecule has 1 saturated heterocycles. The predicted octanol–water partition coefficient (Wildman–Crippen LogP) is 2.93.